The smallest absolute Gasteiger partial charge is 0.00258 e. The van der Waals surface area contributed by atoms with Crippen LogP contribution in [0.3, 0.4) is 0 Å². The van der Waals surface area contributed by atoms with Crippen molar-refractivity contribution in [3.05, 3.63) is 59.3 Å². The summed E-state index contributed by atoms with van der Waals surface area (Å²) in [6.45, 7) is 16.3. The van der Waals surface area contributed by atoms with E-state index < -0.39 is 0 Å². The van der Waals surface area contributed by atoms with Gasteiger partial charge < -0.3 is 0 Å². The third-order valence-corrected chi connectivity index (χ3v) is 4.93. The summed E-state index contributed by atoms with van der Waals surface area (Å²) >= 11 is 0. The van der Waals surface area contributed by atoms with Gasteiger partial charge in [-0.1, -0.05) is 95.2 Å². The van der Waals surface area contributed by atoms with Crippen LogP contribution in [0.2, 0.25) is 0 Å². The Balaban J connectivity index is 2.10. The van der Waals surface area contributed by atoms with E-state index in [1.54, 1.807) is 5.57 Å². The Morgan fingerprint density at radius 3 is 2.13 bits per heavy atom. The van der Waals surface area contributed by atoms with Gasteiger partial charge in [-0.25, -0.2) is 0 Å². The Labute approximate surface area is 143 Å². The van der Waals surface area contributed by atoms with Crippen LogP contribution < -0.4 is 0 Å². The van der Waals surface area contributed by atoms with Crippen LogP contribution in [-0.4, -0.2) is 0 Å². The molecule has 0 aromatic carbocycles. The molecule has 23 heavy (non-hydrogen) atoms. The van der Waals surface area contributed by atoms with Crippen LogP contribution >= 0.6 is 0 Å². The molecule has 0 radical (unpaired) electrons. The third kappa shape index (κ3) is 4.83. The van der Waals surface area contributed by atoms with E-state index in [1.807, 2.05) is 0 Å². The molecule has 0 aromatic heterocycles. The topological polar surface area (TPSA) is 0 Å². The lowest BCUT2D eigenvalue weighted by Gasteiger charge is -2.26. The first-order valence-electron chi connectivity index (χ1n) is 9.02. The van der Waals surface area contributed by atoms with Gasteiger partial charge in [-0.2, -0.15) is 0 Å². The van der Waals surface area contributed by atoms with Crippen LogP contribution in [0, 0.1) is 22.7 Å². The standard InChI is InChI=1S/C23H34/c1-17(14-18-10-8-9-11-18)12-13-19-15-20(22(2,3)4)16-21(19)23(5,6)7/h8-12,15-16,18-19H,13-14H2,1-7H3/b17-12+. The molecule has 0 nitrogen and oxygen atoms in total. The maximum absolute atomic E-state index is 2.51. The summed E-state index contributed by atoms with van der Waals surface area (Å²) in [6.07, 6.45) is 18.7. The van der Waals surface area contributed by atoms with E-state index in [1.165, 1.54) is 11.1 Å². The molecule has 0 bridgehead atoms. The van der Waals surface area contributed by atoms with Crippen LogP contribution in [0.4, 0.5) is 0 Å². The van der Waals surface area contributed by atoms with Crippen molar-refractivity contribution < 1.29 is 0 Å². The molecule has 1 atom stereocenters. The summed E-state index contributed by atoms with van der Waals surface area (Å²) in [5, 5.41) is 0. The molecule has 2 rings (SSSR count). The van der Waals surface area contributed by atoms with Crippen molar-refractivity contribution in [1.29, 1.82) is 0 Å². The van der Waals surface area contributed by atoms with Gasteiger partial charge in [0.2, 0.25) is 0 Å². The van der Waals surface area contributed by atoms with Crippen LogP contribution in [0.1, 0.15) is 61.3 Å². The maximum Gasteiger partial charge on any atom is 0.00258 e. The summed E-state index contributed by atoms with van der Waals surface area (Å²) in [6, 6.07) is 0. The fraction of sp³-hybridized carbons (Fsp3) is 0.565. The summed E-state index contributed by atoms with van der Waals surface area (Å²) in [5.41, 5.74) is 5.08. The van der Waals surface area contributed by atoms with Gasteiger partial charge in [-0.3, -0.25) is 0 Å². The molecule has 126 valence electrons. The van der Waals surface area contributed by atoms with E-state index in [2.05, 4.69) is 91.0 Å². The van der Waals surface area contributed by atoms with Gasteiger partial charge in [0.05, 0.1) is 0 Å². The molecule has 0 saturated heterocycles. The average molecular weight is 311 g/mol. The van der Waals surface area contributed by atoms with Gasteiger partial charge in [0.25, 0.3) is 0 Å². The lowest BCUT2D eigenvalue weighted by molar-refractivity contribution is 0.456. The van der Waals surface area contributed by atoms with E-state index >= 15 is 0 Å². The first-order chi connectivity index (χ1) is 10.6. The highest BCUT2D eigenvalue weighted by atomic mass is 14.4. The summed E-state index contributed by atoms with van der Waals surface area (Å²) in [7, 11) is 0. The normalized spacial score (nSPS) is 22.7. The van der Waals surface area contributed by atoms with Crippen molar-refractivity contribution in [1.82, 2.24) is 0 Å². The minimum Gasteiger partial charge on any atom is -0.0847 e. The monoisotopic (exact) mass is 310 g/mol. The second-order valence-electron chi connectivity index (χ2n) is 9.25. The number of rotatable bonds is 4. The molecule has 0 amide bonds. The minimum atomic E-state index is 0.240. The largest absolute Gasteiger partial charge is 0.0847 e. The Hall–Kier alpha value is -1.30. The first-order valence-corrected chi connectivity index (χ1v) is 9.02. The van der Waals surface area contributed by atoms with Crippen molar-refractivity contribution in [2.75, 3.05) is 0 Å². The van der Waals surface area contributed by atoms with E-state index in [0.29, 0.717) is 11.8 Å². The van der Waals surface area contributed by atoms with E-state index in [4.69, 9.17) is 0 Å². The summed E-state index contributed by atoms with van der Waals surface area (Å²) in [5.74, 6) is 1.17. The first kappa shape index (κ1) is 18.0. The zero-order valence-corrected chi connectivity index (χ0v) is 16.1. The molecule has 2 aliphatic carbocycles. The van der Waals surface area contributed by atoms with Crippen LogP contribution in [-0.2, 0) is 0 Å². The third-order valence-electron chi connectivity index (χ3n) is 4.93. The fourth-order valence-electron chi connectivity index (χ4n) is 3.46. The van der Waals surface area contributed by atoms with Gasteiger partial charge in [0.1, 0.15) is 0 Å². The Bertz CT molecular complexity index is 565. The quantitative estimate of drug-likeness (QED) is 0.489. The molecular weight excluding hydrogens is 276 g/mol. The van der Waals surface area contributed by atoms with Gasteiger partial charge in [0.15, 0.2) is 0 Å². The summed E-state index contributed by atoms with van der Waals surface area (Å²) in [4.78, 5) is 0. The Morgan fingerprint density at radius 2 is 1.61 bits per heavy atom. The minimum absolute atomic E-state index is 0.240. The zero-order chi connectivity index (χ0) is 17.3. The number of hydrogen-bond donors (Lipinski definition) is 0. The lowest BCUT2D eigenvalue weighted by atomic mass is 9.79. The molecular formula is C23H34. The Kier molecular flexibility index (Phi) is 5.23. The molecule has 0 aromatic rings. The molecule has 0 heterocycles. The summed E-state index contributed by atoms with van der Waals surface area (Å²) < 4.78 is 0. The van der Waals surface area contributed by atoms with Gasteiger partial charge in [-0.05, 0) is 42.1 Å². The van der Waals surface area contributed by atoms with E-state index in [9.17, 15) is 0 Å². The van der Waals surface area contributed by atoms with E-state index in [0.717, 1.165) is 12.8 Å². The van der Waals surface area contributed by atoms with Crippen molar-refractivity contribution in [3.63, 3.8) is 0 Å². The lowest BCUT2D eigenvalue weighted by Crippen LogP contribution is -2.14. The van der Waals surface area contributed by atoms with Crippen LogP contribution in [0.15, 0.2) is 59.3 Å². The number of allylic oxidation sites excluding steroid dienone is 10. The van der Waals surface area contributed by atoms with Gasteiger partial charge in [-0.15, -0.1) is 0 Å². The molecule has 0 saturated carbocycles. The predicted octanol–water partition coefficient (Wildman–Crippen LogP) is 7.03. The van der Waals surface area contributed by atoms with Crippen LogP contribution in [0.25, 0.3) is 0 Å². The molecule has 2 aliphatic rings. The molecule has 0 fully saturated rings. The molecule has 0 N–H and O–H groups in total. The molecule has 0 spiro atoms. The molecule has 0 aliphatic heterocycles. The highest BCUT2D eigenvalue weighted by Crippen LogP contribution is 2.44. The highest BCUT2D eigenvalue weighted by Gasteiger charge is 2.31. The SMILES string of the molecule is C/C(=C\CC1C=C(C(C)(C)C)C=C1C(C)(C)C)CC1C=CC=C1. The molecule has 1 unspecified atom stereocenters. The maximum atomic E-state index is 2.51. The zero-order valence-electron chi connectivity index (χ0n) is 16.1. The number of hydrogen-bond acceptors (Lipinski definition) is 0. The fourth-order valence-corrected chi connectivity index (χ4v) is 3.46. The van der Waals surface area contributed by atoms with Crippen molar-refractivity contribution in [3.8, 4) is 0 Å². The highest BCUT2D eigenvalue weighted by molar-refractivity contribution is 5.41. The second-order valence-corrected chi connectivity index (χ2v) is 9.25. The Morgan fingerprint density at radius 1 is 1.00 bits per heavy atom. The van der Waals surface area contributed by atoms with Crippen molar-refractivity contribution >= 4 is 0 Å². The van der Waals surface area contributed by atoms with Gasteiger partial charge >= 0.3 is 0 Å². The second kappa shape index (κ2) is 6.67. The predicted molar refractivity (Wildman–Crippen MR) is 103 cm³/mol. The van der Waals surface area contributed by atoms with Crippen molar-refractivity contribution in [2.45, 2.75) is 61.3 Å². The van der Waals surface area contributed by atoms with E-state index in [-0.39, 0.29) is 10.8 Å². The van der Waals surface area contributed by atoms with Gasteiger partial charge in [0, 0.05) is 5.92 Å². The van der Waals surface area contributed by atoms with Crippen LogP contribution in [0.5, 0.6) is 0 Å². The molecule has 0 heteroatoms. The van der Waals surface area contributed by atoms with Crippen molar-refractivity contribution in [2.24, 2.45) is 22.7 Å². The average Bonchev–Trinajstić information content (AvgIpc) is 3.03.